The number of hydrogen-bond donors (Lipinski definition) is 1. The highest BCUT2D eigenvalue weighted by Gasteiger charge is 2.44. The Morgan fingerprint density at radius 1 is 1.07 bits per heavy atom. The van der Waals surface area contributed by atoms with Crippen molar-refractivity contribution in [2.75, 3.05) is 32.9 Å². The van der Waals surface area contributed by atoms with Gasteiger partial charge in [0.1, 0.15) is 0 Å². The van der Waals surface area contributed by atoms with E-state index in [1.54, 1.807) is 0 Å². The lowest BCUT2D eigenvalue weighted by Gasteiger charge is -2.39. The Kier molecular flexibility index (Phi) is 6.26. The maximum Gasteiger partial charge on any atom is 0.229 e. The molecule has 0 aliphatic carbocycles. The summed E-state index contributed by atoms with van der Waals surface area (Å²) >= 11 is 0. The first kappa shape index (κ1) is 21.1. The lowest BCUT2D eigenvalue weighted by Crippen LogP contribution is -2.47. The van der Waals surface area contributed by atoms with E-state index in [1.165, 1.54) is 27.8 Å². The Morgan fingerprint density at radius 3 is 2.33 bits per heavy atom. The van der Waals surface area contributed by atoms with Crippen LogP contribution in [0.15, 0.2) is 42.5 Å². The molecule has 1 amide bonds. The number of amides is 1. The van der Waals surface area contributed by atoms with Gasteiger partial charge in [-0.05, 0) is 56.2 Å². The highest BCUT2D eigenvalue weighted by atomic mass is 16.5. The van der Waals surface area contributed by atoms with Gasteiger partial charge in [0.15, 0.2) is 0 Å². The molecule has 2 aromatic rings. The number of aliphatic hydroxyl groups excluding tert-OH is 1. The van der Waals surface area contributed by atoms with E-state index in [0.717, 1.165) is 32.2 Å². The number of carbonyl (C=O) groups is 1. The molecule has 1 atom stereocenters. The third-order valence-electron chi connectivity index (χ3n) is 6.79. The fraction of sp³-hybridized carbons (Fsp3) is 0.500. The summed E-state index contributed by atoms with van der Waals surface area (Å²) in [6, 6.07) is 15.3. The van der Waals surface area contributed by atoms with Crippen molar-refractivity contribution in [2.45, 2.75) is 39.5 Å². The second-order valence-corrected chi connectivity index (χ2v) is 9.23. The summed E-state index contributed by atoms with van der Waals surface area (Å²) in [5.74, 6) is 0.475. The van der Waals surface area contributed by atoms with Gasteiger partial charge in [-0.1, -0.05) is 53.6 Å². The van der Waals surface area contributed by atoms with Crippen LogP contribution in [-0.4, -0.2) is 48.8 Å². The molecule has 2 heterocycles. The first-order valence-electron chi connectivity index (χ1n) is 11.1. The Bertz CT molecular complexity index is 863. The van der Waals surface area contributed by atoms with Gasteiger partial charge in [0, 0.05) is 38.8 Å². The van der Waals surface area contributed by atoms with Crippen LogP contribution in [0.1, 0.15) is 36.0 Å². The normalized spacial score (nSPS) is 21.0. The topological polar surface area (TPSA) is 49.8 Å². The third-order valence-corrected chi connectivity index (χ3v) is 6.79. The summed E-state index contributed by atoms with van der Waals surface area (Å²) in [6.45, 7) is 7.16. The van der Waals surface area contributed by atoms with E-state index in [4.69, 9.17) is 4.74 Å². The fourth-order valence-corrected chi connectivity index (χ4v) is 5.08. The van der Waals surface area contributed by atoms with Crippen LogP contribution in [-0.2, 0) is 16.0 Å². The monoisotopic (exact) mass is 407 g/mol. The van der Waals surface area contributed by atoms with Gasteiger partial charge in [-0.3, -0.25) is 4.79 Å². The molecule has 1 N–H and O–H groups in total. The SMILES string of the molecule is Cc1cc(C)cc(-c2ccc(CC3(C(=O)N4CC[C@H](CO)C4)CCOCC3)cc2)c1. The van der Waals surface area contributed by atoms with Gasteiger partial charge in [0.05, 0.1) is 5.41 Å². The van der Waals surface area contributed by atoms with Crippen molar-refractivity contribution < 1.29 is 14.6 Å². The molecule has 2 aliphatic rings. The molecule has 2 aromatic carbocycles. The third kappa shape index (κ3) is 4.45. The van der Waals surface area contributed by atoms with Crippen LogP contribution in [0.3, 0.4) is 0 Å². The van der Waals surface area contributed by atoms with Gasteiger partial charge < -0.3 is 14.7 Å². The second-order valence-electron chi connectivity index (χ2n) is 9.23. The summed E-state index contributed by atoms with van der Waals surface area (Å²) < 4.78 is 5.61. The van der Waals surface area contributed by atoms with Gasteiger partial charge in [0.2, 0.25) is 5.91 Å². The van der Waals surface area contributed by atoms with Crippen molar-refractivity contribution in [1.82, 2.24) is 4.90 Å². The number of aliphatic hydroxyl groups is 1. The number of nitrogens with zero attached hydrogens (tertiary/aromatic N) is 1. The van der Waals surface area contributed by atoms with Crippen LogP contribution in [0.5, 0.6) is 0 Å². The van der Waals surface area contributed by atoms with E-state index in [-0.39, 0.29) is 23.8 Å². The first-order chi connectivity index (χ1) is 14.5. The lowest BCUT2D eigenvalue weighted by molar-refractivity contribution is -0.147. The van der Waals surface area contributed by atoms with Crippen molar-refractivity contribution in [2.24, 2.45) is 11.3 Å². The molecule has 30 heavy (non-hydrogen) atoms. The van der Waals surface area contributed by atoms with Crippen molar-refractivity contribution in [3.05, 3.63) is 59.2 Å². The molecule has 0 aromatic heterocycles. The number of rotatable bonds is 5. The highest BCUT2D eigenvalue weighted by Crippen LogP contribution is 2.38. The van der Waals surface area contributed by atoms with Crippen LogP contribution >= 0.6 is 0 Å². The standard InChI is InChI=1S/C26H33NO3/c1-19-13-20(2)15-24(14-19)23-5-3-21(4-6-23)16-26(8-11-30-12-9-26)25(29)27-10-7-22(17-27)18-28/h3-6,13-15,22,28H,7-12,16-18H2,1-2H3/t22-/m0/s1. The second kappa shape index (κ2) is 8.91. The lowest BCUT2D eigenvalue weighted by atomic mass is 9.74. The van der Waals surface area contributed by atoms with Crippen molar-refractivity contribution in [3.63, 3.8) is 0 Å². The van der Waals surface area contributed by atoms with Crippen molar-refractivity contribution in [1.29, 1.82) is 0 Å². The van der Waals surface area contributed by atoms with Gasteiger partial charge in [-0.15, -0.1) is 0 Å². The first-order valence-corrected chi connectivity index (χ1v) is 11.1. The molecule has 0 spiro atoms. The summed E-state index contributed by atoms with van der Waals surface area (Å²) in [5.41, 5.74) is 5.81. The van der Waals surface area contributed by atoms with E-state index in [9.17, 15) is 9.90 Å². The van der Waals surface area contributed by atoms with Gasteiger partial charge in [-0.25, -0.2) is 0 Å². The molecule has 4 heteroatoms. The molecule has 0 unspecified atom stereocenters. The number of carbonyl (C=O) groups excluding carboxylic acids is 1. The highest BCUT2D eigenvalue weighted by molar-refractivity contribution is 5.83. The van der Waals surface area contributed by atoms with E-state index in [0.29, 0.717) is 19.8 Å². The maximum absolute atomic E-state index is 13.5. The Labute approximate surface area is 179 Å². The van der Waals surface area contributed by atoms with Crippen LogP contribution in [0.25, 0.3) is 11.1 Å². The smallest absolute Gasteiger partial charge is 0.229 e. The largest absolute Gasteiger partial charge is 0.396 e. The van der Waals surface area contributed by atoms with Gasteiger partial charge in [0.25, 0.3) is 0 Å². The fourth-order valence-electron chi connectivity index (χ4n) is 5.08. The minimum Gasteiger partial charge on any atom is -0.396 e. The maximum atomic E-state index is 13.5. The minimum atomic E-state index is -0.385. The number of hydrogen-bond acceptors (Lipinski definition) is 3. The van der Waals surface area contributed by atoms with E-state index < -0.39 is 0 Å². The van der Waals surface area contributed by atoms with E-state index in [2.05, 4.69) is 56.3 Å². The van der Waals surface area contributed by atoms with Crippen molar-refractivity contribution in [3.8, 4) is 11.1 Å². The van der Waals surface area contributed by atoms with Crippen LogP contribution in [0, 0.1) is 25.2 Å². The zero-order valence-corrected chi connectivity index (χ0v) is 18.2. The van der Waals surface area contributed by atoms with Crippen LogP contribution < -0.4 is 0 Å². The molecule has 4 rings (SSSR count). The zero-order chi connectivity index (χ0) is 21.1. The molecule has 160 valence electrons. The zero-order valence-electron chi connectivity index (χ0n) is 18.2. The summed E-state index contributed by atoms with van der Waals surface area (Å²) in [5, 5.41) is 9.47. The van der Waals surface area contributed by atoms with Crippen LogP contribution in [0.2, 0.25) is 0 Å². The molecule has 2 aliphatic heterocycles. The minimum absolute atomic E-state index is 0.166. The number of benzene rings is 2. The Hall–Kier alpha value is -2.17. The average Bonchev–Trinajstić information content (AvgIpc) is 3.23. The molecule has 4 nitrogen and oxygen atoms in total. The predicted molar refractivity (Wildman–Crippen MR) is 119 cm³/mol. The summed E-state index contributed by atoms with van der Waals surface area (Å²) in [4.78, 5) is 15.5. The van der Waals surface area contributed by atoms with Gasteiger partial charge in [-0.2, -0.15) is 0 Å². The van der Waals surface area contributed by atoms with E-state index >= 15 is 0 Å². The molecule has 0 radical (unpaired) electrons. The molecule has 2 saturated heterocycles. The number of aryl methyl sites for hydroxylation is 2. The summed E-state index contributed by atoms with van der Waals surface area (Å²) in [6.07, 6.45) is 3.19. The average molecular weight is 408 g/mol. The Morgan fingerprint density at radius 2 is 1.73 bits per heavy atom. The number of ether oxygens (including phenoxy) is 1. The molecular weight excluding hydrogens is 374 g/mol. The Balaban J connectivity index is 1.54. The summed E-state index contributed by atoms with van der Waals surface area (Å²) in [7, 11) is 0. The quantitative estimate of drug-likeness (QED) is 0.810. The van der Waals surface area contributed by atoms with Gasteiger partial charge >= 0.3 is 0 Å². The van der Waals surface area contributed by atoms with E-state index in [1.807, 2.05) is 4.90 Å². The van der Waals surface area contributed by atoms with Crippen molar-refractivity contribution >= 4 is 5.91 Å². The predicted octanol–water partition coefficient (Wildman–Crippen LogP) is 4.15. The molecular formula is C26H33NO3. The molecule has 0 bridgehead atoms. The molecule has 0 saturated carbocycles. The molecule has 2 fully saturated rings. The van der Waals surface area contributed by atoms with Crippen LogP contribution in [0.4, 0.5) is 0 Å². The number of likely N-dealkylation sites (tertiary alicyclic amines) is 1.